The highest BCUT2D eigenvalue weighted by Crippen LogP contribution is 2.50. The minimum atomic E-state index is -0.171. The van der Waals surface area contributed by atoms with Gasteiger partial charge in [0.1, 0.15) is 0 Å². The highest BCUT2D eigenvalue weighted by molar-refractivity contribution is 5.08. The third kappa shape index (κ3) is 4.60. The fourth-order valence-electron chi connectivity index (χ4n) is 9.96. The van der Waals surface area contributed by atoms with Gasteiger partial charge in [-0.25, -0.2) is 5.01 Å². The Bertz CT molecular complexity index is 782. The molecule has 0 aromatic heterocycles. The zero-order valence-electron chi connectivity index (χ0n) is 22.6. The van der Waals surface area contributed by atoms with Gasteiger partial charge in [0.05, 0.1) is 11.5 Å². The van der Waals surface area contributed by atoms with Crippen molar-refractivity contribution in [3.05, 3.63) is 0 Å². The first-order valence-corrected chi connectivity index (χ1v) is 15.3. The smallest absolute Gasteiger partial charge is 0.0686 e. The second-order valence-electron chi connectivity index (χ2n) is 14.2. The van der Waals surface area contributed by atoms with Crippen molar-refractivity contribution in [1.29, 1.82) is 5.26 Å². The van der Waals surface area contributed by atoms with E-state index in [4.69, 9.17) is 0 Å². The summed E-state index contributed by atoms with van der Waals surface area (Å²) in [6.45, 7) is 6.75. The van der Waals surface area contributed by atoms with Gasteiger partial charge < -0.3 is 10.6 Å². The summed E-state index contributed by atoms with van der Waals surface area (Å²) >= 11 is 0. The largest absolute Gasteiger partial charge is 0.313 e. The summed E-state index contributed by atoms with van der Waals surface area (Å²) in [6.07, 6.45) is 16.7. The molecule has 0 spiro atoms. The van der Waals surface area contributed by atoms with Crippen LogP contribution < -0.4 is 16.1 Å². The van der Waals surface area contributed by atoms with E-state index in [1.54, 1.807) is 0 Å². The first kappa shape index (κ1) is 24.7. The molecule has 3 N–H and O–H groups in total. The minimum absolute atomic E-state index is 0.171. The number of hydrogen-bond donors (Lipinski definition) is 3. The first-order valence-electron chi connectivity index (χ1n) is 15.3. The topological polar surface area (TPSA) is 63.1 Å². The summed E-state index contributed by atoms with van der Waals surface area (Å²) in [5, 5.41) is 20.2. The van der Waals surface area contributed by atoms with E-state index in [-0.39, 0.29) is 5.41 Å². The Morgan fingerprint density at radius 3 is 2.31 bits per heavy atom. The lowest BCUT2D eigenvalue weighted by atomic mass is 9.59. The van der Waals surface area contributed by atoms with Gasteiger partial charge in [0.2, 0.25) is 0 Å². The summed E-state index contributed by atoms with van der Waals surface area (Å²) < 4.78 is 0. The number of rotatable bonds is 3. The molecule has 0 radical (unpaired) electrons. The number of piperidine rings is 2. The molecule has 3 aliphatic heterocycles. The molecule has 9 unspecified atom stereocenters. The van der Waals surface area contributed by atoms with E-state index in [1.165, 1.54) is 83.6 Å². The SMILES string of the molecule is CN1NC(C2CCC(C(C)(C)C#N)CC2)C2C3CC(C4CNC5CCCCC5C4)CCC3NCC21. The number of likely N-dealkylation sites (N-methyl/N-ethyl adjacent to an activating group) is 1. The van der Waals surface area contributed by atoms with Gasteiger partial charge in [-0.1, -0.05) is 12.8 Å². The first-order chi connectivity index (χ1) is 16.9. The Morgan fingerprint density at radius 1 is 0.771 bits per heavy atom. The number of fused-ring (bicyclic) bond motifs is 4. The van der Waals surface area contributed by atoms with Crippen molar-refractivity contribution in [3.8, 4) is 6.07 Å². The van der Waals surface area contributed by atoms with Crippen LogP contribution in [0, 0.1) is 58.2 Å². The normalized spacial score (nSPS) is 48.9. The molecule has 5 heteroatoms. The average Bonchev–Trinajstić information content (AvgIpc) is 3.25. The summed E-state index contributed by atoms with van der Waals surface area (Å²) in [7, 11) is 2.30. The van der Waals surface area contributed by atoms with Crippen LogP contribution in [0.3, 0.4) is 0 Å². The van der Waals surface area contributed by atoms with E-state index in [0.717, 1.165) is 54.1 Å². The molecular weight excluding hydrogens is 430 g/mol. The number of nitrogens with one attached hydrogen (secondary N) is 3. The van der Waals surface area contributed by atoms with Crippen LogP contribution in [0.4, 0.5) is 0 Å². The van der Waals surface area contributed by atoms with Crippen molar-refractivity contribution < 1.29 is 0 Å². The van der Waals surface area contributed by atoms with E-state index < -0.39 is 0 Å². The zero-order chi connectivity index (χ0) is 24.2. The molecule has 3 saturated heterocycles. The van der Waals surface area contributed by atoms with Gasteiger partial charge in [-0.05, 0) is 126 Å². The summed E-state index contributed by atoms with van der Waals surface area (Å²) in [5.74, 6) is 5.75. The predicted octanol–water partition coefficient (Wildman–Crippen LogP) is 4.70. The Balaban J connectivity index is 1.14. The van der Waals surface area contributed by atoms with Crippen molar-refractivity contribution in [3.63, 3.8) is 0 Å². The van der Waals surface area contributed by atoms with Crippen LogP contribution >= 0.6 is 0 Å². The highest BCUT2D eigenvalue weighted by Gasteiger charge is 2.54. The Kier molecular flexibility index (Phi) is 6.97. The maximum Gasteiger partial charge on any atom is 0.0686 e. The van der Waals surface area contributed by atoms with Crippen molar-refractivity contribution in [2.75, 3.05) is 20.1 Å². The molecule has 6 aliphatic rings. The molecule has 196 valence electrons. The molecule has 3 heterocycles. The van der Waals surface area contributed by atoms with E-state index in [1.807, 2.05) is 0 Å². The van der Waals surface area contributed by atoms with Crippen molar-refractivity contribution in [2.45, 2.75) is 115 Å². The molecule has 35 heavy (non-hydrogen) atoms. The van der Waals surface area contributed by atoms with Gasteiger partial charge in [-0.15, -0.1) is 0 Å². The maximum atomic E-state index is 9.66. The van der Waals surface area contributed by atoms with Gasteiger partial charge in [-0.3, -0.25) is 5.43 Å². The van der Waals surface area contributed by atoms with E-state index in [0.29, 0.717) is 18.0 Å². The van der Waals surface area contributed by atoms with Gasteiger partial charge in [0.25, 0.3) is 0 Å². The summed E-state index contributed by atoms with van der Waals surface area (Å²) in [4.78, 5) is 0. The van der Waals surface area contributed by atoms with E-state index in [2.05, 4.69) is 48.0 Å². The second kappa shape index (κ2) is 9.90. The van der Waals surface area contributed by atoms with Gasteiger partial charge >= 0.3 is 0 Å². The van der Waals surface area contributed by atoms with Gasteiger partial charge in [-0.2, -0.15) is 5.26 Å². The minimum Gasteiger partial charge on any atom is -0.313 e. The Labute approximate surface area is 214 Å². The van der Waals surface area contributed by atoms with Crippen LogP contribution in [0.5, 0.6) is 0 Å². The van der Waals surface area contributed by atoms with Crippen LogP contribution in [0.2, 0.25) is 0 Å². The number of hydrazine groups is 1. The molecular formula is C30H51N5. The van der Waals surface area contributed by atoms with Crippen LogP contribution in [0.1, 0.15) is 90.9 Å². The molecule has 0 bridgehead atoms. The molecule has 0 amide bonds. The van der Waals surface area contributed by atoms with E-state index in [9.17, 15) is 5.26 Å². The molecule has 5 nitrogen and oxygen atoms in total. The maximum absolute atomic E-state index is 9.66. The second-order valence-corrected chi connectivity index (χ2v) is 14.2. The fraction of sp³-hybridized carbons (Fsp3) is 0.967. The van der Waals surface area contributed by atoms with Crippen molar-refractivity contribution in [2.24, 2.45) is 46.8 Å². The lowest BCUT2D eigenvalue weighted by Gasteiger charge is -2.51. The number of nitrogens with zero attached hydrogens (tertiary/aromatic N) is 2. The predicted molar refractivity (Wildman–Crippen MR) is 141 cm³/mol. The summed E-state index contributed by atoms with van der Waals surface area (Å²) in [5.41, 5.74) is 3.84. The molecule has 0 aromatic carbocycles. The lowest BCUT2D eigenvalue weighted by molar-refractivity contribution is 0.0279. The number of hydrogen-bond acceptors (Lipinski definition) is 5. The van der Waals surface area contributed by atoms with Crippen LogP contribution in [0.15, 0.2) is 0 Å². The van der Waals surface area contributed by atoms with Gasteiger partial charge in [0.15, 0.2) is 0 Å². The summed E-state index contributed by atoms with van der Waals surface area (Å²) in [6, 6.07) is 5.44. The number of nitriles is 1. The third-order valence-electron chi connectivity index (χ3n) is 12.1. The third-order valence-corrected chi connectivity index (χ3v) is 12.1. The molecule has 6 fully saturated rings. The standard InChI is InChI=1S/C30H51N5/c1-30(2,18-31)23-11-8-19(9-12-23)29-28-24-15-20(10-13-26(24)33-17-27(28)35(3)34-29)22-14-21-6-4-5-7-25(21)32-16-22/h19-29,32-34H,4-17H2,1-3H3. The molecule has 3 saturated carbocycles. The van der Waals surface area contributed by atoms with E-state index >= 15 is 0 Å². The van der Waals surface area contributed by atoms with Crippen molar-refractivity contribution in [1.82, 2.24) is 21.1 Å². The highest BCUT2D eigenvalue weighted by atomic mass is 15.6. The Hall–Kier alpha value is -0.670. The fourth-order valence-corrected chi connectivity index (χ4v) is 9.96. The van der Waals surface area contributed by atoms with Crippen LogP contribution in [0.25, 0.3) is 0 Å². The van der Waals surface area contributed by atoms with Crippen molar-refractivity contribution >= 4 is 0 Å². The molecule has 9 atom stereocenters. The van der Waals surface area contributed by atoms with Crippen LogP contribution in [-0.4, -0.2) is 49.3 Å². The van der Waals surface area contributed by atoms with Crippen LogP contribution in [-0.2, 0) is 0 Å². The molecule has 0 aromatic rings. The monoisotopic (exact) mass is 481 g/mol. The quantitative estimate of drug-likeness (QED) is 0.545. The Morgan fingerprint density at radius 2 is 1.51 bits per heavy atom. The molecule has 3 aliphatic carbocycles. The average molecular weight is 482 g/mol. The lowest BCUT2D eigenvalue weighted by Crippen LogP contribution is -2.59. The zero-order valence-corrected chi connectivity index (χ0v) is 22.6. The van der Waals surface area contributed by atoms with Gasteiger partial charge in [0, 0.05) is 37.8 Å². The molecule has 6 rings (SSSR count).